The Hall–Kier alpha value is -1.88. The molecule has 4 saturated heterocycles. The van der Waals surface area contributed by atoms with Gasteiger partial charge in [-0.15, -0.1) is 0 Å². The van der Waals surface area contributed by atoms with Gasteiger partial charge in [0.15, 0.2) is 18.9 Å². The summed E-state index contributed by atoms with van der Waals surface area (Å²) in [6.45, 7) is 9.84. The minimum atomic E-state index is -0.321. The molecule has 0 amide bonds. The van der Waals surface area contributed by atoms with Crippen molar-refractivity contribution in [2.75, 3.05) is 20.3 Å². The molecular weight excluding hydrogens is 522 g/mol. The number of hydrogen-bond acceptors (Lipinski definition) is 8. The summed E-state index contributed by atoms with van der Waals surface area (Å²) in [4.78, 5) is 0. The quantitative estimate of drug-likeness (QED) is 0.527. The monoisotopic (exact) mass is 569 g/mol. The Bertz CT molecular complexity index is 1060. The lowest BCUT2D eigenvalue weighted by Crippen LogP contribution is -2.56. The van der Waals surface area contributed by atoms with E-state index in [4.69, 9.17) is 38.9 Å². The van der Waals surface area contributed by atoms with Gasteiger partial charge in [-0.3, -0.25) is 0 Å². The van der Waals surface area contributed by atoms with Crippen molar-refractivity contribution in [3.05, 3.63) is 71.8 Å². The van der Waals surface area contributed by atoms with Crippen LogP contribution in [-0.2, 0) is 33.2 Å². The molecule has 2 aromatic carbocycles. The van der Waals surface area contributed by atoms with Gasteiger partial charge >= 0.3 is 0 Å². The summed E-state index contributed by atoms with van der Waals surface area (Å²) in [6.07, 6.45) is 1.13. The van der Waals surface area contributed by atoms with Crippen LogP contribution in [0.15, 0.2) is 60.7 Å². The third-order valence-corrected chi connectivity index (χ3v) is 9.16. The highest BCUT2D eigenvalue weighted by Crippen LogP contribution is 2.39. The maximum Gasteiger partial charge on any atom is 0.184 e. The Morgan fingerprint density at radius 1 is 0.634 bits per heavy atom. The molecule has 2 aromatic rings. The Morgan fingerprint density at radius 3 is 1.63 bits per heavy atom. The van der Waals surface area contributed by atoms with Crippen LogP contribution in [0.1, 0.15) is 64.2 Å². The van der Waals surface area contributed by atoms with Crippen molar-refractivity contribution < 1.29 is 33.2 Å². The summed E-state index contributed by atoms with van der Waals surface area (Å²) in [5, 5.41) is 0. The van der Waals surface area contributed by atoms with Gasteiger partial charge in [0.2, 0.25) is 0 Å². The Kier molecular flexibility index (Phi) is 10.5. The molecule has 41 heavy (non-hydrogen) atoms. The normalized spacial score (nSPS) is 41.0. The number of benzene rings is 2. The second-order valence-electron chi connectivity index (χ2n) is 11.8. The van der Waals surface area contributed by atoms with E-state index < -0.39 is 0 Å². The van der Waals surface area contributed by atoms with Crippen LogP contribution in [0, 0.1) is 17.8 Å². The van der Waals surface area contributed by atoms with Crippen molar-refractivity contribution in [2.24, 2.45) is 23.5 Å². The van der Waals surface area contributed by atoms with Crippen LogP contribution in [0.3, 0.4) is 0 Å². The molecule has 2 N–H and O–H groups in total. The maximum atomic E-state index is 6.27. The third-order valence-electron chi connectivity index (χ3n) is 9.16. The predicted molar refractivity (Wildman–Crippen MR) is 155 cm³/mol. The molecular formula is C33H47NO7. The molecule has 0 aliphatic carbocycles. The van der Waals surface area contributed by atoms with Crippen molar-refractivity contribution in [2.45, 2.75) is 96.0 Å². The van der Waals surface area contributed by atoms with Crippen LogP contribution in [0.5, 0.6) is 0 Å². The summed E-state index contributed by atoms with van der Waals surface area (Å²) in [5.74, 6) is 0.920. The first-order chi connectivity index (χ1) is 19.9. The lowest BCUT2D eigenvalue weighted by Gasteiger charge is -2.43. The molecule has 0 radical (unpaired) electrons. The summed E-state index contributed by atoms with van der Waals surface area (Å²) in [7, 11) is 1.70. The minimum Gasteiger partial charge on any atom is -0.371 e. The molecule has 0 spiro atoms. The average Bonchev–Trinajstić information content (AvgIpc) is 3.36. The van der Waals surface area contributed by atoms with E-state index in [1.807, 2.05) is 67.6 Å². The molecule has 4 aliphatic heterocycles. The summed E-state index contributed by atoms with van der Waals surface area (Å²) >= 11 is 0. The Labute approximate surface area is 244 Å². The van der Waals surface area contributed by atoms with E-state index in [1.54, 1.807) is 7.11 Å². The van der Waals surface area contributed by atoms with Gasteiger partial charge in [-0.2, -0.15) is 0 Å². The van der Waals surface area contributed by atoms with E-state index in [2.05, 4.69) is 20.8 Å². The molecule has 0 aromatic heterocycles. The van der Waals surface area contributed by atoms with Crippen molar-refractivity contribution >= 4 is 0 Å². The maximum absolute atomic E-state index is 6.27. The van der Waals surface area contributed by atoms with Crippen molar-refractivity contribution in [3.8, 4) is 0 Å². The van der Waals surface area contributed by atoms with Gasteiger partial charge in [0.1, 0.15) is 0 Å². The first-order valence-electron chi connectivity index (χ1n) is 15.1. The highest BCUT2D eigenvalue weighted by atomic mass is 16.7. The topological polar surface area (TPSA) is 90.6 Å². The zero-order chi connectivity index (χ0) is 28.9. The van der Waals surface area contributed by atoms with Crippen LogP contribution in [0.2, 0.25) is 0 Å². The molecule has 0 saturated carbocycles. The lowest BCUT2D eigenvalue weighted by molar-refractivity contribution is -0.276. The second kappa shape index (κ2) is 14.1. The number of methoxy groups -OCH3 is 1. The van der Waals surface area contributed by atoms with Crippen molar-refractivity contribution in [1.29, 1.82) is 0 Å². The van der Waals surface area contributed by atoms with E-state index in [9.17, 15) is 0 Å². The molecule has 12 atom stereocenters. The van der Waals surface area contributed by atoms with E-state index in [0.29, 0.717) is 25.0 Å². The average molecular weight is 570 g/mol. The largest absolute Gasteiger partial charge is 0.371 e. The fourth-order valence-corrected chi connectivity index (χ4v) is 6.36. The highest BCUT2D eigenvalue weighted by Gasteiger charge is 2.45. The summed E-state index contributed by atoms with van der Waals surface area (Å²) in [6, 6.07) is 20.2. The third kappa shape index (κ3) is 7.03. The molecule has 8 nitrogen and oxygen atoms in total. The van der Waals surface area contributed by atoms with Gasteiger partial charge in [0, 0.05) is 36.1 Å². The van der Waals surface area contributed by atoms with E-state index >= 15 is 0 Å². The van der Waals surface area contributed by atoms with Crippen LogP contribution in [0.25, 0.3) is 0 Å². The lowest BCUT2D eigenvalue weighted by atomic mass is 9.83. The van der Waals surface area contributed by atoms with Gasteiger partial charge in [-0.1, -0.05) is 81.4 Å². The standard InChI is InChI=1S/C17H24O4.C16H23NO3/c1-11-12(2)16(18-3)20-14-9-10-19-17(21-15(11)14)13-7-5-4-6-8-13;1-10-14(17)11(2)19-13-8-9-18-16(20-15(10)13)12-6-4-3-5-7-12/h4-8,11-12,14-17H,9-10H2,1-3H3;3-7,10-11,13-16H,8-9,17H2,1-2H3/t11?,12-,14?,15-,16-,17?;10?,11-,13?,14+,15+,16?/m01/s1. The van der Waals surface area contributed by atoms with Crippen LogP contribution < -0.4 is 5.73 Å². The molecule has 6 unspecified atom stereocenters. The molecule has 0 bridgehead atoms. The Morgan fingerprint density at radius 2 is 1.12 bits per heavy atom. The van der Waals surface area contributed by atoms with Gasteiger partial charge in [0.05, 0.1) is 43.7 Å². The fraction of sp³-hybridized carbons (Fsp3) is 0.636. The highest BCUT2D eigenvalue weighted by molar-refractivity contribution is 5.17. The number of nitrogens with two attached hydrogens (primary N) is 1. The van der Waals surface area contributed by atoms with E-state index in [-0.39, 0.29) is 61.3 Å². The molecule has 226 valence electrons. The summed E-state index contributed by atoms with van der Waals surface area (Å²) in [5.41, 5.74) is 8.33. The first-order valence-corrected chi connectivity index (χ1v) is 15.1. The van der Waals surface area contributed by atoms with Crippen LogP contribution >= 0.6 is 0 Å². The van der Waals surface area contributed by atoms with Crippen LogP contribution in [0.4, 0.5) is 0 Å². The summed E-state index contributed by atoms with van der Waals surface area (Å²) < 4.78 is 41.7. The minimum absolute atomic E-state index is 0.00535. The van der Waals surface area contributed by atoms with Gasteiger partial charge in [-0.25, -0.2) is 0 Å². The van der Waals surface area contributed by atoms with Gasteiger partial charge < -0.3 is 38.9 Å². The fourth-order valence-electron chi connectivity index (χ4n) is 6.36. The molecule has 6 rings (SSSR count). The Balaban J connectivity index is 0.000000165. The second-order valence-corrected chi connectivity index (χ2v) is 11.8. The van der Waals surface area contributed by atoms with Crippen LogP contribution in [-0.4, -0.2) is 63.2 Å². The smallest absolute Gasteiger partial charge is 0.184 e. The molecule has 8 heteroatoms. The molecule has 4 heterocycles. The first kappa shape index (κ1) is 30.6. The van der Waals surface area contributed by atoms with Crippen molar-refractivity contribution in [1.82, 2.24) is 0 Å². The van der Waals surface area contributed by atoms with Gasteiger partial charge in [0.25, 0.3) is 0 Å². The predicted octanol–water partition coefficient (Wildman–Crippen LogP) is 5.38. The van der Waals surface area contributed by atoms with E-state index in [0.717, 1.165) is 24.0 Å². The number of ether oxygens (including phenoxy) is 7. The molecule has 4 aliphatic rings. The number of hydrogen-bond donors (Lipinski definition) is 1. The zero-order valence-corrected chi connectivity index (χ0v) is 25.0. The zero-order valence-electron chi connectivity index (χ0n) is 25.0. The number of fused-ring (bicyclic) bond motifs is 2. The van der Waals surface area contributed by atoms with Gasteiger partial charge in [-0.05, 0) is 25.7 Å². The SMILES string of the molecule is CC1[C@@H]2OC(c3ccccc3)OCCC2O[C@H](C)[C@H]1N.CO[C@H]1OC2CCOC(c3ccccc3)O[C@H]2C(C)[C@@H]1C. The molecule has 4 fully saturated rings. The van der Waals surface area contributed by atoms with E-state index in [1.165, 1.54) is 0 Å². The van der Waals surface area contributed by atoms with Crippen molar-refractivity contribution in [3.63, 3.8) is 0 Å². The number of rotatable bonds is 3.